The van der Waals surface area contributed by atoms with Gasteiger partial charge in [0.2, 0.25) is 29.5 Å². The first-order chi connectivity index (χ1) is 19.2. The molecule has 2 saturated heterocycles. The van der Waals surface area contributed by atoms with Crippen molar-refractivity contribution in [1.29, 1.82) is 0 Å². The number of aliphatic hydroxyl groups is 1. The Kier molecular flexibility index (Phi) is 11.0. The molecule has 2 aliphatic rings. The summed E-state index contributed by atoms with van der Waals surface area (Å²) in [7, 11) is 0. The molecule has 0 saturated carbocycles. The minimum absolute atomic E-state index is 0.0550. The van der Waals surface area contributed by atoms with Crippen LogP contribution < -0.4 is 21.7 Å². The Bertz CT molecular complexity index is 1100. The fraction of sp³-hybridized carbons (Fsp3) is 0.538. The minimum atomic E-state index is -1.40. The van der Waals surface area contributed by atoms with Gasteiger partial charge >= 0.3 is 5.97 Å². The topological polar surface area (TPSA) is 211 Å². The standard InChI is InChI=1S/C26H36N6O8/c27-13-21(34)28-14-22(35)31-10-4-8-19(31)24(37)29-17(12-16-6-2-1-3-7-16)23(36)30-18(15-33)25(38)32-11-5-9-20(32)26(39)40/h1-3,6-7,17-20,33H,4-5,8-15,27H2,(H,28,34)(H,29,37)(H,30,36)(H,39,40)/t17-,18-,19-,20-/m0/s1. The third-order valence-corrected chi connectivity index (χ3v) is 7.03. The van der Waals surface area contributed by atoms with Crippen LogP contribution in [0.4, 0.5) is 0 Å². The van der Waals surface area contributed by atoms with Crippen LogP contribution in [-0.2, 0) is 35.2 Å². The van der Waals surface area contributed by atoms with E-state index in [1.54, 1.807) is 30.3 Å². The summed E-state index contributed by atoms with van der Waals surface area (Å²) in [5.74, 6) is -4.19. The smallest absolute Gasteiger partial charge is 0.326 e. The van der Waals surface area contributed by atoms with E-state index < -0.39 is 66.3 Å². The van der Waals surface area contributed by atoms with E-state index in [0.29, 0.717) is 31.4 Å². The maximum atomic E-state index is 13.4. The van der Waals surface area contributed by atoms with Crippen LogP contribution in [0.1, 0.15) is 31.2 Å². The first kappa shape index (κ1) is 30.5. The van der Waals surface area contributed by atoms with E-state index in [2.05, 4.69) is 16.0 Å². The van der Waals surface area contributed by atoms with E-state index in [1.807, 2.05) is 0 Å². The van der Waals surface area contributed by atoms with Crippen LogP contribution in [0.25, 0.3) is 0 Å². The molecule has 1 aromatic rings. The SMILES string of the molecule is NCC(=O)NCC(=O)N1CCC[C@H]1C(=O)N[C@@H](Cc1ccccc1)C(=O)N[C@@H](CO)C(=O)N1CCC[C@H]1C(=O)O. The number of amides is 5. The number of carboxylic acid groups (broad SMARTS) is 1. The number of benzene rings is 1. The Morgan fingerprint density at radius 3 is 2.20 bits per heavy atom. The van der Waals surface area contributed by atoms with Crippen LogP contribution in [0.2, 0.25) is 0 Å². The van der Waals surface area contributed by atoms with Gasteiger partial charge in [0.05, 0.1) is 19.7 Å². The molecular weight excluding hydrogens is 524 g/mol. The third kappa shape index (κ3) is 7.76. The number of likely N-dealkylation sites (tertiary alicyclic amines) is 2. The molecule has 0 aliphatic carbocycles. The maximum absolute atomic E-state index is 13.4. The molecule has 0 radical (unpaired) electrons. The lowest BCUT2D eigenvalue weighted by atomic mass is 10.0. The second-order valence-corrected chi connectivity index (χ2v) is 9.75. The molecule has 0 aromatic heterocycles. The highest BCUT2D eigenvalue weighted by molar-refractivity contribution is 5.96. The van der Waals surface area contributed by atoms with Crippen molar-refractivity contribution in [1.82, 2.24) is 25.8 Å². The number of rotatable bonds is 12. The van der Waals surface area contributed by atoms with Crippen LogP contribution in [-0.4, -0.2) is 112 Å². The zero-order chi connectivity index (χ0) is 29.2. The molecular formula is C26H36N6O8. The molecule has 0 bridgehead atoms. The fourth-order valence-electron chi connectivity index (χ4n) is 4.96. The molecule has 5 amide bonds. The van der Waals surface area contributed by atoms with Gasteiger partial charge in [0.15, 0.2) is 0 Å². The average molecular weight is 561 g/mol. The van der Waals surface area contributed by atoms with Gasteiger partial charge in [-0.05, 0) is 31.2 Å². The predicted molar refractivity (Wildman–Crippen MR) is 140 cm³/mol. The molecule has 2 fully saturated rings. The summed E-state index contributed by atoms with van der Waals surface area (Å²) < 4.78 is 0. The van der Waals surface area contributed by atoms with Gasteiger partial charge in [-0.1, -0.05) is 30.3 Å². The Balaban J connectivity index is 1.73. The number of carbonyl (C=O) groups excluding carboxylic acids is 5. The van der Waals surface area contributed by atoms with Crippen molar-refractivity contribution in [3.8, 4) is 0 Å². The predicted octanol–water partition coefficient (Wildman–Crippen LogP) is -2.67. The number of carboxylic acids is 1. The molecule has 2 heterocycles. The highest BCUT2D eigenvalue weighted by Crippen LogP contribution is 2.20. The van der Waals surface area contributed by atoms with Crippen molar-refractivity contribution >= 4 is 35.5 Å². The molecule has 14 nitrogen and oxygen atoms in total. The van der Waals surface area contributed by atoms with E-state index in [-0.39, 0.29) is 32.5 Å². The molecule has 218 valence electrons. The van der Waals surface area contributed by atoms with Gasteiger partial charge in [-0.15, -0.1) is 0 Å². The first-order valence-corrected chi connectivity index (χ1v) is 13.2. The fourth-order valence-corrected chi connectivity index (χ4v) is 4.96. The molecule has 14 heteroatoms. The zero-order valence-corrected chi connectivity index (χ0v) is 22.1. The summed E-state index contributed by atoms with van der Waals surface area (Å²) in [5, 5.41) is 26.8. The third-order valence-electron chi connectivity index (χ3n) is 7.03. The van der Waals surface area contributed by atoms with E-state index in [9.17, 15) is 39.0 Å². The van der Waals surface area contributed by atoms with Crippen molar-refractivity contribution in [3.05, 3.63) is 35.9 Å². The number of nitrogens with zero attached hydrogens (tertiary/aromatic N) is 2. The Labute approximate surface area is 231 Å². The summed E-state index contributed by atoms with van der Waals surface area (Å²) in [5.41, 5.74) is 5.96. The van der Waals surface area contributed by atoms with Gasteiger partial charge in [-0.3, -0.25) is 24.0 Å². The highest BCUT2D eigenvalue weighted by atomic mass is 16.4. The highest BCUT2D eigenvalue weighted by Gasteiger charge is 2.39. The van der Waals surface area contributed by atoms with Gasteiger partial charge in [0.1, 0.15) is 24.2 Å². The lowest BCUT2D eigenvalue weighted by molar-refractivity contribution is -0.150. The van der Waals surface area contributed by atoms with Crippen molar-refractivity contribution in [3.63, 3.8) is 0 Å². The van der Waals surface area contributed by atoms with Crippen LogP contribution in [0, 0.1) is 0 Å². The van der Waals surface area contributed by atoms with Crippen molar-refractivity contribution in [2.45, 2.75) is 56.3 Å². The first-order valence-electron chi connectivity index (χ1n) is 13.2. The number of hydrogen-bond donors (Lipinski definition) is 6. The Hall–Kier alpha value is -4.04. The molecule has 1 aromatic carbocycles. The number of carbonyl (C=O) groups is 6. The summed E-state index contributed by atoms with van der Waals surface area (Å²) >= 11 is 0. The van der Waals surface area contributed by atoms with E-state index in [4.69, 9.17) is 5.73 Å². The Morgan fingerprint density at radius 1 is 0.925 bits per heavy atom. The molecule has 0 unspecified atom stereocenters. The molecule has 7 N–H and O–H groups in total. The largest absolute Gasteiger partial charge is 0.480 e. The zero-order valence-electron chi connectivity index (χ0n) is 22.1. The second-order valence-electron chi connectivity index (χ2n) is 9.75. The van der Waals surface area contributed by atoms with Crippen molar-refractivity contribution in [2.24, 2.45) is 5.73 Å². The molecule has 4 atom stereocenters. The van der Waals surface area contributed by atoms with Gasteiger partial charge in [0.25, 0.3) is 0 Å². The minimum Gasteiger partial charge on any atom is -0.480 e. The van der Waals surface area contributed by atoms with Gasteiger partial charge in [-0.2, -0.15) is 0 Å². The van der Waals surface area contributed by atoms with Crippen molar-refractivity contribution in [2.75, 3.05) is 32.8 Å². The number of nitrogens with two attached hydrogens (primary N) is 1. The summed E-state index contributed by atoms with van der Waals surface area (Å²) in [6, 6.07) is 4.35. The number of hydrogen-bond acceptors (Lipinski definition) is 8. The van der Waals surface area contributed by atoms with Gasteiger partial charge in [-0.25, -0.2) is 4.79 Å². The normalized spacial score (nSPS) is 19.9. The van der Waals surface area contributed by atoms with Crippen LogP contribution in [0.3, 0.4) is 0 Å². The number of aliphatic hydroxyl groups excluding tert-OH is 1. The van der Waals surface area contributed by atoms with Crippen LogP contribution >= 0.6 is 0 Å². The van der Waals surface area contributed by atoms with Crippen molar-refractivity contribution < 1.29 is 39.0 Å². The monoisotopic (exact) mass is 560 g/mol. The Morgan fingerprint density at radius 2 is 1.57 bits per heavy atom. The number of nitrogens with one attached hydrogen (secondary N) is 3. The molecule has 3 rings (SSSR count). The molecule has 2 aliphatic heterocycles. The molecule has 40 heavy (non-hydrogen) atoms. The quantitative estimate of drug-likeness (QED) is 0.157. The van der Waals surface area contributed by atoms with Crippen LogP contribution in [0.5, 0.6) is 0 Å². The summed E-state index contributed by atoms with van der Waals surface area (Å²) in [6.45, 7) is -0.878. The maximum Gasteiger partial charge on any atom is 0.326 e. The van der Waals surface area contributed by atoms with E-state index in [1.165, 1.54) is 4.90 Å². The molecule has 0 spiro atoms. The lowest BCUT2D eigenvalue weighted by Gasteiger charge is -2.29. The van der Waals surface area contributed by atoms with Crippen LogP contribution in [0.15, 0.2) is 30.3 Å². The van der Waals surface area contributed by atoms with Gasteiger partial charge < -0.3 is 41.7 Å². The summed E-state index contributed by atoms with van der Waals surface area (Å²) in [4.78, 5) is 77.7. The van der Waals surface area contributed by atoms with E-state index in [0.717, 1.165) is 4.90 Å². The van der Waals surface area contributed by atoms with Gasteiger partial charge in [0, 0.05) is 19.5 Å². The lowest BCUT2D eigenvalue weighted by Crippen LogP contribution is -2.59. The summed E-state index contributed by atoms with van der Waals surface area (Å²) in [6.07, 6.45) is 1.71. The van der Waals surface area contributed by atoms with E-state index >= 15 is 0 Å². The number of aliphatic carboxylic acids is 1. The average Bonchev–Trinajstić information content (AvgIpc) is 3.65. The second kappa shape index (κ2) is 14.4.